The number of carbonyl (C=O) groups excluding carboxylic acids is 1. The second-order valence-corrected chi connectivity index (χ2v) is 3.92. The molecule has 0 aliphatic rings. The van der Waals surface area contributed by atoms with Gasteiger partial charge in [-0.1, -0.05) is 0 Å². The minimum atomic E-state index is -0.407. The molecule has 94 valence electrons. The fourth-order valence-electron chi connectivity index (χ4n) is 1.41. The van der Waals surface area contributed by atoms with Crippen molar-refractivity contribution < 1.29 is 9.53 Å². The van der Waals surface area contributed by atoms with Crippen molar-refractivity contribution in [2.45, 2.75) is 13.5 Å². The average molecular weight is 246 g/mol. The lowest BCUT2D eigenvalue weighted by Gasteiger charge is -2.05. The van der Waals surface area contributed by atoms with Gasteiger partial charge in [0.1, 0.15) is 5.82 Å². The SMILES string of the molecule is Cc1nnc(COC(=O)c2ccc(N)cc2)n1C. The highest BCUT2D eigenvalue weighted by Crippen LogP contribution is 2.08. The standard InChI is InChI=1S/C12H14N4O2/c1-8-14-15-11(16(8)2)7-18-12(17)9-3-5-10(13)6-4-9/h3-6H,7,13H2,1-2H3. The molecule has 0 aliphatic heterocycles. The van der Waals surface area contributed by atoms with Crippen LogP contribution in [0.4, 0.5) is 5.69 Å². The largest absolute Gasteiger partial charge is 0.454 e. The molecule has 0 atom stereocenters. The van der Waals surface area contributed by atoms with Crippen LogP contribution in [0.15, 0.2) is 24.3 Å². The van der Waals surface area contributed by atoms with E-state index in [9.17, 15) is 4.79 Å². The van der Waals surface area contributed by atoms with E-state index >= 15 is 0 Å². The summed E-state index contributed by atoms with van der Waals surface area (Å²) in [6, 6.07) is 6.56. The highest BCUT2D eigenvalue weighted by atomic mass is 16.5. The van der Waals surface area contributed by atoms with Crippen molar-refractivity contribution in [3.05, 3.63) is 41.5 Å². The van der Waals surface area contributed by atoms with E-state index in [2.05, 4.69) is 10.2 Å². The third kappa shape index (κ3) is 2.48. The molecule has 0 amide bonds. The van der Waals surface area contributed by atoms with Crippen LogP contribution in [0.1, 0.15) is 22.0 Å². The summed E-state index contributed by atoms with van der Waals surface area (Å²) in [7, 11) is 1.82. The van der Waals surface area contributed by atoms with E-state index in [1.54, 1.807) is 28.8 Å². The zero-order valence-corrected chi connectivity index (χ0v) is 10.3. The lowest BCUT2D eigenvalue weighted by molar-refractivity contribution is 0.0458. The van der Waals surface area contributed by atoms with Gasteiger partial charge in [-0.3, -0.25) is 0 Å². The van der Waals surface area contributed by atoms with Crippen molar-refractivity contribution in [1.29, 1.82) is 0 Å². The van der Waals surface area contributed by atoms with Crippen LogP contribution < -0.4 is 5.73 Å². The van der Waals surface area contributed by atoms with Gasteiger partial charge in [0.25, 0.3) is 0 Å². The second kappa shape index (κ2) is 4.87. The van der Waals surface area contributed by atoms with Crippen LogP contribution in [0.5, 0.6) is 0 Å². The summed E-state index contributed by atoms with van der Waals surface area (Å²) in [5.41, 5.74) is 6.61. The van der Waals surface area contributed by atoms with Crippen molar-refractivity contribution in [2.24, 2.45) is 7.05 Å². The van der Waals surface area contributed by atoms with Gasteiger partial charge in [0.15, 0.2) is 12.4 Å². The first-order chi connectivity index (χ1) is 8.58. The third-order valence-electron chi connectivity index (χ3n) is 2.66. The topological polar surface area (TPSA) is 83.0 Å². The Morgan fingerprint density at radius 2 is 2.00 bits per heavy atom. The highest BCUT2D eigenvalue weighted by Gasteiger charge is 2.10. The number of anilines is 1. The van der Waals surface area contributed by atoms with E-state index in [4.69, 9.17) is 10.5 Å². The van der Waals surface area contributed by atoms with Crippen LogP contribution in [0, 0.1) is 6.92 Å². The van der Waals surface area contributed by atoms with Crippen LogP contribution in [0.2, 0.25) is 0 Å². The highest BCUT2D eigenvalue weighted by molar-refractivity contribution is 5.89. The Labute approximate surface area is 104 Å². The lowest BCUT2D eigenvalue weighted by Crippen LogP contribution is -2.08. The molecule has 1 heterocycles. The summed E-state index contributed by atoms with van der Waals surface area (Å²) in [4.78, 5) is 11.7. The molecule has 1 aromatic carbocycles. The van der Waals surface area contributed by atoms with E-state index in [0.717, 1.165) is 5.82 Å². The monoisotopic (exact) mass is 246 g/mol. The summed E-state index contributed by atoms with van der Waals surface area (Å²) in [5.74, 6) is 0.973. The first-order valence-corrected chi connectivity index (χ1v) is 5.45. The van der Waals surface area contributed by atoms with E-state index in [-0.39, 0.29) is 6.61 Å². The Morgan fingerprint density at radius 1 is 1.33 bits per heavy atom. The van der Waals surface area contributed by atoms with Crippen LogP contribution in [0.25, 0.3) is 0 Å². The molecule has 0 saturated heterocycles. The Bertz CT molecular complexity index is 560. The number of esters is 1. The number of rotatable bonds is 3. The van der Waals surface area contributed by atoms with Gasteiger partial charge < -0.3 is 15.0 Å². The molecule has 0 saturated carbocycles. The third-order valence-corrected chi connectivity index (χ3v) is 2.66. The summed E-state index contributed by atoms with van der Waals surface area (Å²) >= 11 is 0. The quantitative estimate of drug-likeness (QED) is 0.646. The van der Waals surface area contributed by atoms with Crippen molar-refractivity contribution in [3.63, 3.8) is 0 Å². The maximum atomic E-state index is 11.7. The molecule has 0 spiro atoms. The number of benzene rings is 1. The van der Waals surface area contributed by atoms with Gasteiger partial charge in [0, 0.05) is 12.7 Å². The molecular weight excluding hydrogens is 232 g/mol. The van der Waals surface area contributed by atoms with Crippen LogP contribution >= 0.6 is 0 Å². The van der Waals surface area contributed by atoms with Crippen LogP contribution in [0.3, 0.4) is 0 Å². The van der Waals surface area contributed by atoms with Crippen molar-refractivity contribution in [1.82, 2.24) is 14.8 Å². The molecule has 6 nitrogen and oxygen atoms in total. The zero-order chi connectivity index (χ0) is 13.1. The number of carbonyl (C=O) groups is 1. The number of hydrogen-bond acceptors (Lipinski definition) is 5. The predicted octanol–water partition coefficient (Wildman–Crippen LogP) is 1.06. The van der Waals surface area contributed by atoms with Gasteiger partial charge in [-0.05, 0) is 31.2 Å². The number of ether oxygens (including phenoxy) is 1. The number of aryl methyl sites for hydroxylation is 1. The summed E-state index contributed by atoms with van der Waals surface area (Å²) < 4.78 is 6.92. The Kier molecular flexibility index (Phi) is 3.27. The molecule has 0 unspecified atom stereocenters. The second-order valence-electron chi connectivity index (χ2n) is 3.92. The molecule has 2 rings (SSSR count). The molecule has 6 heteroatoms. The number of aromatic nitrogens is 3. The van der Waals surface area contributed by atoms with Crippen molar-refractivity contribution in [3.8, 4) is 0 Å². The predicted molar refractivity (Wildman–Crippen MR) is 65.7 cm³/mol. The Hall–Kier alpha value is -2.37. The first-order valence-electron chi connectivity index (χ1n) is 5.45. The molecule has 0 radical (unpaired) electrons. The van der Waals surface area contributed by atoms with E-state index in [0.29, 0.717) is 17.1 Å². The molecule has 2 aromatic rings. The average Bonchev–Trinajstić information content (AvgIpc) is 2.68. The number of hydrogen-bond donors (Lipinski definition) is 1. The number of nitrogens with two attached hydrogens (primary N) is 1. The number of nitrogens with zero attached hydrogens (tertiary/aromatic N) is 3. The van der Waals surface area contributed by atoms with E-state index in [1.807, 2.05) is 14.0 Å². The Morgan fingerprint density at radius 3 is 2.56 bits per heavy atom. The van der Waals surface area contributed by atoms with Gasteiger partial charge >= 0.3 is 5.97 Å². The smallest absolute Gasteiger partial charge is 0.338 e. The summed E-state index contributed by atoms with van der Waals surface area (Å²) in [5, 5.41) is 7.79. The van der Waals surface area contributed by atoms with Crippen LogP contribution in [-0.4, -0.2) is 20.7 Å². The van der Waals surface area contributed by atoms with Crippen LogP contribution in [-0.2, 0) is 18.4 Å². The lowest BCUT2D eigenvalue weighted by atomic mass is 10.2. The van der Waals surface area contributed by atoms with Gasteiger partial charge in [0.05, 0.1) is 5.56 Å². The maximum absolute atomic E-state index is 11.7. The summed E-state index contributed by atoms with van der Waals surface area (Å²) in [6.07, 6.45) is 0. The van der Waals surface area contributed by atoms with Gasteiger partial charge in [-0.2, -0.15) is 0 Å². The van der Waals surface area contributed by atoms with Gasteiger partial charge in [-0.25, -0.2) is 4.79 Å². The Balaban J connectivity index is 2.00. The minimum absolute atomic E-state index is 0.0978. The normalized spacial score (nSPS) is 10.3. The summed E-state index contributed by atoms with van der Waals surface area (Å²) in [6.45, 7) is 1.93. The van der Waals surface area contributed by atoms with Gasteiger partial charge in [-0.15, -0.1) is 10.2 Å². The zero-order valence-electron chi connectivity index (χ0n) is 10.3. The van der Waals surface area contributed by atoms with E-state index < -0.39 is 5.97 Å². The molecular formula is C12H14N4O2. The number of nitrogen functional groups attached to an aromatic ring is 1. The molecule has 2 N–H and O–H groups in total. The fraction of sp³-hybridized carbons (Fsp3) is 0.250. The maximum Gasteiger partial charge on any atom is 0.338 e. The first kappa shape index (κ1) is 12.1. The van der Waals surface area contributed by atoms with Crippen molar-refractivity contribution >= 4 is 11.7 Å². The fourth-order valence-corrected chi connectivity index (χ4v) is 1.41. The molecule has 0 aliphatic carbocycles. The van der Waals surface area contributed by atoms with E-state index in [1.165, 1.54) is 0 Å². The van der Waals surface area contributed by atoms with Gasteiger partial charge in [0.2, 0.25) is 0 Å². The molecule has 1 aromatic heterocycles. The molecule has 0 fully saturated rings. The molecule has 18 heavy (non-hydrogen) atoms. The molecule has 0 bridgehead atoms. The minimum Gasteiger partial charge on any atom is -0.454 e. The van der Waals surface area contributed by atoms with Crippen molar-refractivity contribution in [2.75, 3.05) is 5.73 Å².